The lowest BCUT2D eigenvalue weighted by Crippen LogP contribution is -2.04. The van der Waals surface area contributed by atoms with Crippen LogP contribution >= 0.6 is 0 Å². The van der Waals surface area contributed by atoms with Gasteiger partial charge in [-0.2, -0.15) is 4.39 Å². The Kier molecular flexibility index (Phi) is 4.07. The van der Waals surface area contributed by atoms with Gasteiger partial charge in [0.05, 0.1) is 9.85 Å². The van der Waals surface area contributed by atoms with Crippen LogP contribution in [0, 0.1) is 26.0 Å². The number of hydrogen-bond donors (Lipinski definition) is 1. The highest BCUT2D eigenvalue weighted by Gasteiger charge is 2.19. The SMILES string of the molecule is O=[N+]([O-])c1ccc(CNc2cccc(F)c2[N+](=O)[O-])cc1. The van der Waals surface area contributed by atoms with E-state index < -0.39 is 21.4 Å². The predicted molar refractivity (Wildman–Crippen MR) is 73.5 cm³/mol. The largest absolute Gasteiger partial charge is 0.375 e. The second-order valence-electron chi connectivity index (χ2n) is 4.17. The van der Waals surface area contributed by atoms with Crippen LogP contribution in [0.3, 0.4) is 0 Å². The summed E-state index contributed by atoms with van der Waals surface area (Å²) in [5.41, 5.74) is 0.0624. The summed E-state index contributed by atoms with van der Waals surface area (Å²) in [6, 6.07) is 9.48. The van der Waals surface area contributed by atoms with E-state index in [2.05, 4.69) is 5.32 Å². The molecule has 21 heavy (non-hydrogen) atoms. The lowest BCUT2D eigenvalue weighted by molar-refractivity contribution is -0.386. The number of halogens is 1. The van der Waals surface area contributed by atoms with Crippen LogP contribution in [0.15, 0.2) is 42.5 Å². The molecule has 0 radical (unpaired) electrons. The van der Waals surface area contributed by atoms with Crippen molar-refractivity contribution in [2.75, 3.05) is 5.32 Å². The quantitative estimate of drug-likeness (QED) is 0.673. The molecule has 0 atom stereocenters. The molecular formula is C13H10FN3O4. The maximum absolute atomic E-state index is 13.4. The van der Waals surface area contributed by atoms with E-state index in [0.717, 1.165) is 6.07 Å². The first-order valence-corrected chi connectivity index (χ1v) is 5.89. The smallest absolute Gasteiger partial charge is 0.327 e. The molecule has 0 bridgehead atoms. The van der Waals surface area contributed by atoms with Gasteiger partial charge in [0.1, 0.15) is 5.69 Å². The number of benzene rings is 2. The third-order valence-electron chi connectivity index (χ3n) is 2.80. The van der Waals surface area contributed by atoms with Crippen molar-refractivity contribution in [2.45, 2.75) is 6.54 Å². The van der Waals surface area contributed by atoms with Crippen molar-refractivity contribution in [2.24, 2.45) is 0 Å². The van der Waals surface area contributed by atoms with Gasteiger partial charge < -0.3 is 5.32 Å². The molecule has 0 unspecified atom stereocenters. The molecule has 0 aliphatic rings. The summed E-state index contributed by atoms with van der Waals surface area (Å²) >= 11 is 0. The number of hydrogen-bond acceptors (Lipinski definition) is 5. The van der Waals surface area contributed by atoms with Crippen LogP contribution < -0.4 is 5.32 Å². The molecule has 0 aliphatic carbocycles. The molecular weight excluding hydrogens is 281 g/mol. The highest BCUT2D eigenvalue weighted by Crippen LogP contribution is 2.27. The Bertz CT molecular complexity index is 688. The molecule has 0 aromatic heterocycles. The number of para-hydroxylation sites is 1. The van der Waals surface area contributed by atoms with Crippen LogP contribution in [0.1, 0.15) is 5.56 Å². The summed E-state index contributed by atoms with van der Waals surface area (Å²) in [4.78, 5) is 20.0. The number of rotatable bonds is 5. The molecule has 8 heteroatoms. The number of anilines is 1. The van der Waals surface area contributed by atoms with E-state index in [1.165, 1.54) is 36.4 Å². The zero-order chi connectivity index (χ0) is 15.4. The molecule has 108 valence electrons. The van der Waals surface area contributed by atoms with E-state index in [4.69, 9.17) is 0 Å². The molecule has 0 saturated carbocycles. The molecule has 2 aromatic rings. The number of nitrogens with one attached hydrogen (secondary N) is 1. The summed E-state index contributed by atoms with van der Waals surface area (Å²) in [5.74, 6) is -0.923. The summed E-state index contributed by atoms with van der Waals surface area (Å²) < 4.78 is 13.4. The highest BCUT2D eigenvalue weighted by atomic mass is 19.1. The van der Waals surface area contributed by atoms with Crippen LogP contribution in [-0.4, -0.2) is 9.85 Å². The monoisotopic (exact) mass is 291 g/mol. The second kappa shape index (κ2) is 5.95. The van der Waals surface area contributed by atoms with Crippen molar-refractivity contribution in [1.82, 2.24) is 0 Å². The van der Waals surface area contributed by atoms with Gasteiger partial charge in [-0.1, -0.05) is 18.2 Å². The maximum atomic E-state index is 13.4. The van der Waals surface area contributed by atoms with Crippen LogP contribution in [0.25, 0.3) is 0 Å². The number of nitro groups is 2. The topological polar surface area (TPSA) is 98.3 Å². The van der Waals surface area contributed by atoms with Gasteiger partial charge in [-0.25, -0.2) is 0 Å². The van der Waals surface area contributed by atoms with Gasteiger partial charge in [-0.3, -0.25) is 20.2 Å². The van der Waals surface area contributed by atoms with Crippen LogP contribution in [-0.2, 0) is 6.54 Å². The maximum Gasteiger partial charge on any atom is 0.327 e. The minimum atomic E-state index is -0.923. The fraction of sp³-hybridized carbons (Fsp3) is 0.0769. The molecule has 2 aromatic carbocycles. The van der Waals surface area contributed by atoms with Gasteiger partial charge in [-0.05, 0) is 17.7 Å². The fourth-order valence-corrected chi connectivity index (χ4v) is 1.78. The third kappa shape index (κ3) is 3.30. The van der Waals surface area contributed by atoms with E-state index in [-0.39, 0.29) is 17.9 Å². The average Bonchev–Trinajstić information content (AvgIpc) is 2.45. The summed E-state index contributed by atoms with van der Waals surface area (Å²) in [7, 11) is 0. The summed E-state index contributed by atoms with van der Waals surface area (Å²) in [5, 5.41) is 24.1. The van der Waals surface area contributed by atoms with E-state index in [0.29, 0.717) is 5.56 Å². The number of nitro benzene ring substituents is 2. The highest BCUT2D eigenvalue weighted by molar-refractivity contribution is 5.62. The van der Waals surface area contributed by atoms with Crippen molar-refractivity contribution in [3.8, 4) is 0 Å². The van der Waals surface area contributed by atoms with Gasteiger partial charge in [-0.15, -0.1) is 0 Å². The Morgan fingerprint density at radius 2 is 1.67 bits per heavy atom. The lowest BCUT2D eigenvalue weighted by Gasteiger charge is -2.07. The van der Waals surface area contributed by atoms with Gasteiger partial charge in [0, 0.05) is 18.7 Å². The predicted octanol–water partition coefficient (Wildman–Crippen LogP) is 3.25. The second-order valence-corrected chi connectivity index (χ2v) is 4.17. The van der Waals surface area contributed by atoms with E-state index in [9.17, 15) is 24.6 Å². The first-order chi connectivity index (χ1) is 9.99. The Hall–Kier alpha value is -3.03. The Balaban J connectivity index is 2.15. The van der Waals surface area contributed by atoms with Gasteiger partial charge >= 0.3 is 5.69 Å². The van der Waals surface area contributed by atoms with Crippen molar-refractivity contribution >= 4 is 17.1 Å². The lowest BCUT2D eigenvalue weighted by atomic mass is 10.2. The molecule has 2 rings (SSSR count). The van der Waals surface area contributed by atoms with Crippen molar-refractivity contribution < 1.29 is 14.2 Å². The standard InChI is InChI=1S/C13H10FN3O4/c14-11-2-1-3-12(13(11)17(20)21)15-8-9-4-6-10(7-5-9)16(18)19/h1-7,15H,8H2. The van der Waals surface area contributed by atoms with E-state index in [1.807, 2.05) is 0 Å². The Morgan fingerprint density at radius 1 is 1.00 bits per heavy atom. The Morgan fingerprint density at radius 3 is 2.24 bits per heavy atom. The third-order valence-corrected chi connectivity index (χ3v) is 2.80. The number of non-ortho nitro benzene ring substituents is 1. The normalized spacial score (nSPS) is 10.1. The zero-order valence-corrected chi connectivity index (χ0v) is 10.7. The van der Waals surface area contributed by atoms with E-state index >= 15 is 0 Å². The number of nitrogens with zero attached hydrogens (tertiary/aromatic N) is 2. The summed E-state index contributed by atoms with van der Waals surface area (Å²) in [6.07, 6.45) is 0. The van der Waals surface area contributed by atoms with Crippen LogP contribution in [0.2, 0.25) is 0 Å². The molecule has 0 saturated heterocycles. The molecule has 0 fully saturated rings. The average molecular weight is 291 g/mol. The van der Waals surface area contributed by atoms with Crippen molar-refractivity contribution in [1.29, 1.82) is 0 Å². The van der Waals surface area contributed by atoms with Crippen molar-refractivity contribution in [3.05, 3.63) is 74.1 Å². The molecule has 0 spiro atoms. The van der Waals surface area contributed by atoms with Gasteiger partial charge in [0.2, 0.25) is 5.82 Å². The first-order valence-electron chi connectivity index (χ1n) is 5.89. The zero-order valence-electron chi connectivity index (χ0n) is 10.7. The Labute approximate surface area is 118 Å². The minimum Gasteiger partial charge on any atom is -0.375 e. The van der Waals surface area contributed by atoms with Crippen molar-refractivity contribution in [3.63, 3.8) is 0 Å². The van der Waals surface area contributed by atoms with Crippen LogP contribution in [0.4, 0.5) is 21.5 Å². The van der Waals surface area contributed by atoms with Gasteiger partial charge in [0.15, 0.2) is 0 Å². The van der Waals surface area contributed by atoms with E-state index in [1.54, 1.807) is 0 Å². The summed E-state index contributed by atoms with van der Waals surface area (Å²) in [6.45, 7) is 0.183. The first kappa shape index (κ1) is 14.4. The molecule has 1 N–H and O–H groups in total. The molecule has 0 aliphatic heterocycles. The van der Waals surface area contributed by atoms with Crippen LogP contribution in [0.5, 0.6) is 0 Å². The molecule has 7 nitrogen and oxygen atoms in total. The molecule has 0 heterocycles. The minimum absolute atomic E-state index is 0.0458. The fourth-order valence-electron chi connectivity index (χ4n) is 1.78. The molecule has 0 amide bonds. The van der Waals surface area contributed by atoms with Gasteiger partial charge in [0.25, 0.3) is 5.69 Å².